The zero-order valence-electron chi connectivity index (χ0n) is 19.3. The Morgan fingerprint density at radius 2 is 2.09 bits per heavy atom. The number of fused-ring (bicyclic) bond motifs is 1. The Morgan fingerprint density at radius 1 is 1.33 bits per heavy atom. The maximum atomic E-state index is 13.0. The molecule has 0 fully saturated rings. The second kappa shape index (κ2) is 12.1. The molecule has 2 atom stereocenters. The number of benzene rings is 1. The molecule has 0 bridgehead atoms. The highest BCUT2D eigenvalue weighted by atomic mass is 16.5. The fraction of sp³-hybridized carbons (Fsp3) is 0.360. The molecule has 8 nitrogen and oxygen atoms in total. The number of nitrogens with zero attached hydrogens (tertiary/aromatic N) is 2. The van der Waals surface area contributed by atoms with E-state index in [0.29, 0.717) is 23.4 Å². The Hall–Kier alpha value is -4.04. The monoisotopic (exact) mass is 447 g/mol. The predicted octanol–water partition coefficient (Wildman–Crippen LogP) is 2.98. The van der Waals surface area contributed by atoms with Crippen LogP contribution in [0.15, 0.2) is 40.9 Å². The van der Waals surface area contributed by atoms with E-state index in [1.807, 2.05) is 26.0 Å². The molecule has 1 aromatic heterocycles. The van der Waals surface area contributed by atoms with Gasteiger partial charge in [0.1, 0.15) is 23.5 Å². The Bertz CT molecular complexity index is 1130. The van der Waals surface area contributed by atoms with Crippen molar-refractivity contribution < 1.29 is 14.3 Å². The summed E-state index contributed by atoms with van der Waals surface area (Å²) in [6, 6.07) is 7.58. The number of hydrogen-bond donors (Lipinski definition) is 3. The molecule has 0 spiro atoms. The van der Waals surface area contributed by atoms with Gasteiger partial charge in [-0.1, -0.05) is 25.8 Å². The summed E-state index contributed by atoms with van der Waals surface area (Å²) in [4.78, 5) is 32.9. The number of nitrogens with one attached hydrogen (secondary N) is 3. The topological polar surface area (TPSA) is 119 Å². The minimum absolute atomic E-state index is 0.133. The van der Waals surface area contributed by atoms with E-state index in [1.165, 1.54) is 6.08 Å². The molecule has 2 aromatic rings. The van der Waals surface area contributed by atoms with Gasteiger partial charge >= 0.3 is 0 Å². The first kappa shape index (κ1) is 25.2. The average molecular weight is 448 g/mol. The van der Waals surface area contributed by atoms with Crippen molar-refractivity contribution in [3.05, 3.63) is 41.6 Å². The summed E-state index contributed by atoms with van der Waals surface area (Å²) < 4.78 is 5.34. The van der Waals surface area contributed by atoms with Crippen molar-refractivity contribution in [3.8, 4) is 24.2 Å². The molecule has 0 aliphatic heterocycles. The molecule has 2 amide bonds. The Morgan fingerprint density at radius 3 is 2.70 bits per heavy atom. The van der Waals surface area contributed by atoms with Gasteiger partial charge in [-0.15, -0.1) is 6.42 Å². The van der Waals surface area contributed by atoms with Crippen LogP contribution in [-0.2, 0) is 4.79 Å². The smallest absolute Gasteiger partial charge is 0.268 e. The van der Waals surface area contributed by atoms with E-state index in [0.717, 1.165) is 10.9 Å². The number of ether oxygens (including phenoxy) is 1. The molecule has 0 radical (unpaired) electrons. The number of aliphatic imine (C=N–C) groups is 1. The predicted molar refractivity (Wildman–Crippen MR) is 129 cm³/mol. The highest BCUT2D eigenvalue weighted by Crippen LogP contribution is 2.26. The van der Waals surface area contributed by atoms with Gasteiger partial charge in [-0.05, 0) is 42.2 Å². The molecule has 2 unspecified atom stereocenters. The zero-order chi connectivity index (χ0) is 24.4. The number of nitriles is 1. The summed E-state index contributed by atoms with van der Waals surface area (Å²) in [5.74, 6) is 2.32. The number of rotatable bonds is 10. The summed E-state index contributed by atoms with van der Waals surface area (Å²) in [5, 5.41) is 15.8. The van der Waals surface area contributed by atoms with E-state index >= 15 is 0 Å². The molecular formula is C25H29N5O3. The van der Waals surface area contributed by atoms with Crippen LogP contribution in [0.5, 0.6) is 5.75 Å². The molecule has 8 heteroatoms. The largest absolute Gasteiger partial charge is 0.496 e. The maximum Gasteiger partial charge on any atom is 0.268 e. The first-order valence-electron chi connectivity index (χ1n) is 10.6. The second-order valence-electron chi connectivity index (χ2n) is 7.93. The number of aromatic amines is 1. The lowest BCUT2D eigenvalue weighted by Crippen LogP contribution is -2.50. The first-order valence-corrected chi connectivity index (χ1v) is 10.6. The van der Waals surface area contributed by atoms with Crippen molar-refractivity contribution in [1.82, 2.24) is 15.6 Å². The van der Waals surface area contributed by atoms with Gasteiger partial charge in [0.05, 0.1) is 13.2 Å². The van der Waals surface area contributed by atoms with Crippen molar-refractivity contribution >= 4 is 28.9 Å². The Labute approximate surface area is 194 Å². The molecule has 1 aromatic carbocycles. The summed E-state index contributed by atoms with van der Waals surface area (Å²) in [5.41, 5.74) is 1.70. The number of carbonyl (C=O) groups is 2. The summed E-state index contributed by atoms with van der Waals surface area (Å²) in [6.45, 7) is 3.90. The van der Waals surface area contributed by atoms with E-state index in [9.17, 15) is 14.9 Å². The molecule has 0 saturated carbocycles. The van der Waals surface area contributed by atoms with Crippen molar-refractivity contribution in [2.45, 2.75) is 38.8 Å². The third kappa shape index (κ3) is 6.98. The van der Waals surface area contributed by atoms with E-state index < -0.39 is 23.9 Å². The van der Waals surface area contributed by atoms with Crippen LogP contribution in [0.4, 0.5) is 0 Å². The van der Waals surface area contributed by atoms with Gasteiger partial charge in [0.15, 0.2) is 0 Å². The molecular weight excluding hydrogens is 418 g/mol. The summed E-state index contributed by atoms with van der Waals surface area (Å²) in [6.07, 6.45) is 8.98. The van der Waals surface area contributed by atoms with Crippen molar-refractivity contribution in [2.75, 3.05) is 14.2 Å². The van der Waals surface area contributed by atoms with Crippen LogP contribution in [-0.4, -0.2) is 49.3 Å². The number of amides is 2. The molecule has 0 aliphatic rings. The lowest BCUT2D eigenvalue weighted by atomic mass is 10.0. The van der Waals surface area contributed by atoms with Gasteiger partial charge in [-0.3, -0.25) is 14.6 Å². The minimum Gasteiger partial charge on any atom is -0.496 e. The fourth-order valence-electron chi connectivity index (χ4n) is 3.43. The maximum absolute atomic E-state index is 13.0. The lowest BCUT2D eigenvalue weighted by molar-refractivity contribution is -0.123. The molecule has 172 valence electrons. The van der Waals surface area contributed by atoms with Crippen LogP contribution in [0.1, 0.15) is 37.2 Å². The number of methoxy groups -OCH3 is 1. The quantitative estimate of drug-likeness (QED) is 0.383. The molecule has 0 aliphatic carbocycles. The molecule has 0 saturated heterocycles. The van der Waals surface area contributed by atoms with Crippen molar-refractivity contribution in [1.29, 1.82) is 5.26 Å². The number of terminal acetylenes is 1. The van der Waals surface area contributed by atoms with E-state index in [-0.39, 0.29) is 12.3 Å². The van der Waals surface area contributed by atoms with E-state index in [2.05, 4.69) is 32.6 Å². The van der Waals surface area contributed by atoms with Gasteiger partial charge in [0.25, 0.3) is 5.91 Å². The van der Waals surface area contributed by atoms with Gasteiger partial charge in [-0.2, -0.15) is 5.26 Å². The lowest BCUT2D eigenvalue weighted by Gasteiger charge is -2.21. The molecule has 3 N–H and O–H groups in total. The van der Waals surface area contributed by atoms with Crippen molar-refractivity contribution in [2.24, 2.45) is 10.9 Å². The Kier molecular flexibility index (Phi) is 9.26. The van der Waals surface area contributed by atoms with Crippen LogP contribution in [0.3, 0.4) is 0 Å². The van der Waals surface area contributed by atoms with Crippen LogP contribution in [0, 0.1) is 29.6 Å². The minimum atomic E-state index is -0.820. The van der Waals surface area contributed by atoms with Crippen LogP contribution < -0.4 is 15.4 Å². The number of aromatic nitrogens is 1. The number of H-pyrrole nitrogens is 1. The van der Waals surface area contributed by atoms with E-state index in [4.69, 9.17) is 11.2 Å². The zero-order valence-corrected chi connectivity index (χ0v) is 19.3. The number of hydrogen-bond acceptors (Lipinski definition) is 5. The van der Waals surface area contributed by atoms with E-state index in [1.54, 1.807) is 32.5 Å². The molecule has 2 rings (SSSR count). The van der Waals surface area contributed by atoms with Crippen LogP contribution in [0.2, 0.25) is 0 Å². The number of allylic oxidation sites excluding steroid dienone is 1. The highest BCUT2D eigenvalue weighted by Gasteiger charge is 2.26. The standard InChI is InChI=1S/C25H29N5O3/c1-6-8-17(15-27-4)12-18(14-26)28-24(31)21(11-16(2)3)30-25(32)22-13-19-20(29-22)9-7-10-23(19)33-5/h1,7-10,13,15-16,18,21,29H,11-12H2,2-5H3,(H,28,31)(H,30,32)/b17-8-,27-15?. The highest BCUT2D eigenvalue weighted by molar-refractivity contribution is 6.01. The van der Waals surface area contributed by atoms with Crippen LogP contribution >= 0.6 is 0 Å². The van der Waals surface area contributed by atoms with Crippen molar-refractivity contribution in [3.63, 3.8) is 0 Å². The van der Waals surface area contributed by atoms with Gasteiger partial charge in [0, 0.05) is 30.6 Å². The fourth-order valence-corrected chi connectivity index (χ4v) is 3.43. The summed E-state index contributed by atoms with van der Waals surface area (Å²) in [7, 11) is 3.16. The molecule has 33 heavy (non-hydrogen) atoms. The first-order chi connectivity index (χ1) is 15.8. The third-order valence-corrected chi connectivity index (χ3v) is 4.89. The van der Waals surface area contributed by atoms with Gasteiger partial charge < -0.3 is 20.4 Å². The molecule has 1 heterocycles. The SMILES string of the molecule is C#C/C=C(\C=NC)CC(C#N)NC(=O)C(CC(C)C)NC(=O)c1cc2c(OC)cccc2[nH]1. The van der Waals surface area contributed by atoms with Gasteiger partial charge in [0.2, 0.25) is 5.91 Å². The Balaban J connectivity index is 2.19. The summed E-state index contributed by atoms with van der Waals surface area (Å²) >= 11 is 0. The normalized spacial score (nSPS) is 13.4. The second-order valence-corrected chi connectivity index (χ2v) is 7.93. The number of carbonyl (C=O) groups excluding carboxylic acids is 2. The van der Waals surface area contributed by atoms with Gasteiger partial charge in [-0.25, -0.2) is 0 Å². The average Bonchev–Trinajstić information content (AvgIpc) is 3.22. The van der Waals surface area contributed by atoms with Crippen LogP contribution in [0.25, 0.3) is 10.9 Å². The third-order valence-electron chi connectivity index (χ3n) is 4.89.